The Bertz CT molecular complexity index is 254. The van der Waals surface area contributed by atoms with Crippen LogP contribution in [0.25, 0.3) is 0 Å². The van der Waals surface area contributed by atoms with Crippen molar-refractivity contribution in [1.82, 2.24) is 5.32 Å². The number of aliphatic hydroxyl groups excluding tert-OH is 1. The minimum Gasteiger partial charge on any atom is -0.444 e. The number of alkyl carbamates (subject to hydrolysis) is 1. The first-order valence-electron chi connectivity index (χ1n) is 5.63. The van der Waals surface area contributed by atoms with Gasteiger partial charge in [0.05, 0.1) is 0 Å². The van der Waals surface area contributed by atoms with E-state index < -0.39 is 11.7 Å². The maximum Gasteiger partial charge on any atom is 0.407 e. The highest BCUT2D eigenvalue weighted by Gasteiger charge is 2.41. The molecule has 0 aromatic rings. The zero-order valence-electron chi connectivity index (χ0n) is 10.2. The van der Waals surface area contributed by atoms with Crippen LogP contribution in [0.1, 0.15) is 40.0 Å². The van der Waals surface area contributed by atoms with Gasteiger partial charge in [-0.05, 0) is 40.0 Å². The molecule has 5 heteroatoms. The molecular weight excluding hydrogens is 208 g/mol. The number of hydrogen-bond acceptors (Lipinski definition) is 4. The summed E-state index contributed by atoms with van der Waals surface area (Å²) < 4.78 is 5.13. The van der Waals surface area contributed by atoms with Crippen LogP contribution in [-0.2, 0) is 4.74 Å². The minimum absolute atomic E-state index is 0.0754. The number of hydrogen-bond donors (Lipinski definition) is 3. The van der Waals surface area contributed by atoms with E-state index in [4.69, 9.17) is 15.6 Å². The van der Waals surface area contributed by atoms with Gasteiger partial charge in [0.15, 0.2) is 0 Å². The van der Waals surface area contributed by atoms with Crippen LogP contribution < -0.4 is 11.1 Å². The van der Waals surface area contributed by atoms with Crippen molar-refractivity contribution in [2.75, 3.05) is 6.61 Å². The van der Waals surface area contributed by atoms with E-state index in [0.717, 1.165) is 0 Å². The highest BCUT2D eigenvalue weighted by molar-refractivity contribution is 5.68. The number of nitrogens with two attached hydrogens (primary N) is 1. The molecule has 5 nitrogen and oxygen atoms in total. The fourth-order valence-corrected chi connectivity index (χ4v) is 1.92. The van der Waals surface area contributed by atoms with E-state index in [2.05, 4.69) is 5.32 Å². The molecule has 1 fully saturated rings. The highest BCUT2D eigenvalue weighted by atomic mass is 16.6. The lowest BCUT2D eigenvalue weighted by atomic mass is 9.71. The fourth-order valence-electron chi connectivity index (χ4n) is 1.92. The Labute approximate surface area is 96.3 Å². The zero-order chi connectivity index (χ0) is 12.4. The van der Waals surface area contributed by atoms with E-state index in [1.54, 1.807) is 0 Å². The van der Waals surface area contributed by atoms with E-state index in [1.807, 2.05) is 20.8 Å². The normalized spacial score (nSPS) is 29.4. The van der Waals surface area contributed by atoms with E-state index in [1.165, 1.54) is 0 Å². The second kappa shape index (κ2) is 4.59. The molecule has 0 aromatic carbocycles. The molecule has 94 valence electrons. The molecule has 16 heavy (non-hydrogen) atoms. The van der Waals surface area contributed by atoms with Crippen molar-refractivity contribution in [2.45, 2.75) is 57.2 Å². The molecule has 0 saturated heterocycles. The van der Waals surface area contributed by atoms with Gasteiger partial charge in [-0.3, -0.25) is 0 Å². The Morgan fingerprint density at radius 3 is 2.56 bits per heavy atom. The lowest BCUT2D eigenvalue weighted by molar-refractivity contribution is 0.0419. The second-order valence-electron chi connectivity index (χ2n) is 5.59. The van der Waals surface area contributed by atoms with E-state index >= 15 is 0 Å². The average Bonchev–Trinajstić information content (AvgIpc) is 1.97. The number of amides is 1. The van der Waals surface area contributed by atoms with Gasteiger partial charge >= 0.3 is 6.09 Å². The predicted octanol–water partition coefficient (Wildman–Crippen LogP) is 0.753. The maximum atomic E-state index is 11.4. The number of carbonyl (C=O) groups excluding carboxylic acids is 1. The molecule has 0 atom stereocenters. The number of carbonyl (C=O) groups is 1. The van der Waals surface area contributed by atoms with Crippen LogP contribution in [0.4, 0.5) is 4.79 Å². The van der Waals surface area contributed by atoms with Crippen LogP contribution in [0.2, 0.25) is 0 Å². The Morgan fingerprint density at radius 2 is 2.12 bits per heavy atom. The van der Waals surface area contributed by atoms with Gasteiger partial charge in [-0.15, -0.1) is 0 Å². The zero-order valence-corrected chi connectivity index (χ0v) is 10.2. The summed E-state index contributed by atoms with van der Waals surface area (Å²) in [6.07, 6.45) is 1.59. The Morgan fingerprint density at radius 1 is 1.56 bits per heavy atom. The molecule has 0 radical (unpaired) electrons. The first-order valence-corrected chi connectivity index (χ1v) is 5.63. The Hall–Kier alpha value is -0.810. The number of aliphatic hydroxyl groups is 1. The molecule has 0 spiro atoms. The van der Waals surface area contributed by atoms with E-state index in [-0.39, 0.29) is 18.2 Å². The van der Waals surface area contributed by atoms with Crippen molar-refractivity contribution in [2.24, 2.45) is 5.73 Å². The summed E-state index contributed by atoms with van der Waals surface area (Å²) in [7, 11) is 0. The molecule has 4 N–H and O–H groups in total. The van der Waals surface area contributed by atoms with E-state index in [0.29, 0.717) is 19.3 Å². The number of ether oxygens (including phenoxy) is 1. The average molecular weight is 230 g/mol. The Kier molecular flexibility index (Phi) is 3.80. The van der Waals surface area contributed by atoms with E-state index in [9.17, 15) is 4.79 Å². The number of nitrogens with one attached hydrogen (secondary N) is 1. The molecule has 1 aliphatic rings. The molecule has 1 rings (SSSR count). The van der Waals surface area contributed by atoms with Gasteiger partial charge in [0.2, 0.25) is 0 Å². The predicted molar refractivity (Wildman–Crippen MR) is 61.0 cm³/mol. The van der Waals surface area contributed by atoms with Gasteiger partial charge in [0, 0.05) is 18.2 Å². The quantitative estimate of drug-likeness (QED) is 0.668. The monoisotopic (exact) mass is 230 g/mol. The topological polar surface area (TPSA) is 84.6 Å². The van der Waals surface area contributed by atoms with Gasteiger partial charge in [-0.2, -0.15) is 0 Å². The third-order valence-corrected chi connectivity index (χ3v) is 2.64. The standard InChI is InChI=1S/C11H22N2O3/c1-10(2,3)16-9(15)13-8-6-11(12,7-8)4-5-14/h8,14H,4-7,12H2,1-3H3,(H,13,15). The molecule has 0 unspecified atom stereocenters. The lowest BCUT2D eigenvalue weighted by Gasteiger charge is -2.44. The van der Waals surface area contributed by atoms with Crippen LogP contribution >= 0.6 is 0 Å². The summed E-state index contributed by atoms with van der Waals surface area (Å²) in [6.45, 7) is 5.57. The SMILES string of the molecule is CC(C)(C)OC(=O)NC1CC(N)(CCO)C1. The van der Waals surface area contributed by atoms with Crippen molar-refractivity contribution in [3.8, 4) is 0 Å². The molecule has 1 amide bonds. The van der Waals surface area contributed by atoms with Crippen LogP contribution in [0.15, 0.2) is 0 Å². The van der Waals surface area contributed by atoms with Crippen molar-refractivity contribution < 1.29 is 14.6 Å². The highest BCUT2D eigenvalue weighted by Crippen LogP contribution is 2.32. The molecule has 0 heterocycles. The van der Waals surface area contributed by atoms with Crippen LogP contribution in [-0.4, -0.2) is 35.0 Å². The van der Waals surface area contributed by atoms with Gasteiger partial charge < -0.3 is 20.9 Å². The third kappa shape index (κ3) is 3.98. The first kappa shape index (κ1) is 13.3. The molecule has 0 bridgehead atoms. The third-order valence-electron chi connectivity index (χ3n) is 2.64. The summed E-state index contributed by atoms with van der Waals surface area (Å²) >= 11 is 0. The second-order valence-corrected chi connectivity index (χ2v) is 5.59. The lowest BCUT2D eigenvalue weighted by Crippen LogP contribution is -2.60. The maximum absolute atomic E-state index is 11.4. The fraction of sp³-hybridized carbons (Fsp3) is 0.909. The van der Waals surface area contributed by atoms with Crippen LogP contribution in [0.5, 0.6) is 0 Å². The molecule has 0 aromatic heterocycles. The van der Waals surface area contributed by atoms with Gasteiger partial charge in [0.25, 0.3) is 0 Å². The van der Waals surface area contributed by atoms with Crippen molar-refractivity contribution in [1.29, 1.82) is 0 Å². The molecule has 1 aliphatic carbocycles. The van der Waals surface area contributed by atoms with Gasteiger partial charge in [0.1, 0.15) is 5.60 Å². The first-order chi connectivity index (χ1) is 7.24. The molecular formula is C11H22N2O3. The number of rotatable bonds is 3. The summed E-state index contributed by atoms with van der Waals surface area (Å²) in [6, 6.07) is 0.0754. The van der Waals surface area contributed by atoms with Crippen molar-refractivity contribution in [3.63, 3.8) is 0 Å². The van der Waals surface area contributed by atoms with Gasteiger partial charge in [-0.1, -0.05) is 0 Å². The summed E-state index contributed by atoms with van der Waals surface area (Å²) in [5.41, 5.74) is 5.17. The smallest absolute Gasteiger partial charge is 0.407 e. The summed E-state index contributed by atoms with van der Waals surface area (Å²) in [5, 5.41) is 11.6. The largest absolute Gasteiger partial charge is 0.444 e. The molecule has 1 saturated carbocycles. The van der Waals surface area contributed by atoms with Crippen LogP contribution in [0.3, 0.4) is 0 Å². The van der Waals surface area contributed by atoms with Crippen molar-refractivity contribution >= 4 is 6.09 Å². The Balaban J connectivity index is 2.25. The minimum atomic E-state index is -0.473. The van der Waals surface area contributed by atoms with Crippen LogP contribution in [0, 0.1) is 0 Å². The summed E-state index contributed by atoms with van der Waals surface area (Å²) in [4.78, 5) is 11.4. The summed E-state index contributed by atoms with van der Waals surface area (Å²) in [5.74, 6) is 0. The molecule has 0 aliphatic heterocycles. The van der Waals surface area contributed by atoms with Crippen molar-refractivity contribution in [3.05, 3.63) is 0 Å². The van der Waals surface area contributed by atoms with Gasteiger partial charge in [-0.25, -0.2) is 4.79 Å².